The van der Waals surface area contributed by atoms with E-state index in [1.165, 1.54) is 36.0 Å². The fourth-order valence-electron chi connectivity index (χ4n) is 1.63. The molecule has 1 nitrogen and oxygen atoms in total. The van der Waals surface area contributed by atoms with E-state index < -0.39 is 0 Å². The molecule has 0 saturated heterocycles. The number of rotatable bonds is 4. The summed E-state index contributed by atoms with van der Waals surface area (Å²) < 4.78 is 0. The fourth-order valence-corrected chi connectivity index (χ4v) is 1.63. The molecule has 0 aliphatic heterocycles. The van der Waals surface area contributed by atoms with Gasteiger partial charge in [-0.25, -0.2) is 0 Å². The van der Waals surface area contributed by atoms with Crippen LogP contribution in [0.15, 0.2) is 18.2 Å². The van der Waals surface area contributed by atoms with Crippen molar-refractivity contribution in [2.24, 2.45) is 5.73 Å². The lowest BCUT2D eigenvalue weighted by molar-refractivity contribution is 0.790. The second-order valence-corrected chi connectivity index (χ2v) is 4.13. The van der Waals surface area contributed by atoms with Crippen LogP contribution in [0.4, 0.5) is 0 Å². The minimum absolute atomic E-state index is 0.750. The molecule has 0 radical (unpaired) electrons. The lowest BCUT2D eigenvalue weighted by Gasteiger charge is -2.06. The minimum atomic E-state index is 0.750. The third-order valence-corrected chi connectivity index (χ3v) is 2.61. The molecular formula is C15H27N. The van der Waals surface area contributed by atoms with Crippen LogP contribution in [0.2, 0.25) is 0 Å². The number of hydrogen-bond acceptors (Lipinski definition) is 1. The van der Waals surface area contributed by atoms with Crippen molar-refractivity contribution in [1.82, 2.24) is 0 Å². The average Bonchev–Trinajstić information content (AvgIpc) is 2.28. The molecule has 2 N–H and O–H groups in total. The van der Waals surface area contributed by atoms with Gasteiger partial charge < -0.3 is 5.73 Å². The van der Waals surface area contributed by atoms with Gasteiger partial charge >= 0.3 is 0 Å². The number of unbranched alkanes of at least 4 members (excludes halogenated alkanes) is 1. The molecule has 0 aliphatic rings. The zero-order valence-corrected chi connectivity index (χ0v) is 11.3. The number of hydrogen-bond donors (Lipinski definition) is 1. The highest BCUT2D eigenvalue weighted by atomic mass is 14.5. The number of benzene rings is 1. The molecule has 0 atom stereocenters. The summed E-state index contributed by atoms with van der Waals surface area (Å²) in [5.41, 5.74) is 9.30. The van der Waals surface area contributed by atoms with Gasteiger partial charge in [-0.1, -0.05) is 45.4 Å². The highest BCUT2D eigenvalue weighted by Gasteiger charge is 1.98. The van der Waals surface area contributed by atoms with Crippen LogP contribution in [0.1, 0.15) is 50.3 Å². The molecular weight excluding hydrogens is 194 g/mol. The standard InChI is InChI=1S/C13H20.C2H7N/c1-4-6-7-13-9-8-12(5-2)10-11(13)3;1-2-3/h8-10H,4-7H2,1-3H3;2-3H2,1H3. The van der Waals surface area contributed by atoms with E-state index in [1.54, 1.807) is 0 Å². The van der Waals surface area contributed by atoms with Gasteiger partial charge in [0.25, 0.3) is 0 Å². The van der Waals surface area contributed by atoms with E-state index in [9.17, 15) is 0 Å². The van der Waals surface area contributed by atoms with Crippen molar-refractivity contribution < 1.29 is 0 Å². The summed E-state index contributed by atoms with van der Waals surface area (Å²) in [4.78, 5) is 0. The zero-order valence-electron chi connectivity index (χ0n) is 11.3. The molecule has 0 heterocycles. The van der Waals surface area contributed by atoms with Crippen molar-refractivity contribution in [3.63, 3.8) is 0 Å². The maximum atomic E-state index is 4.85. The van der Waals surface area contributed by atoms with E-state index in [0.29, 0.717) is 0 Å². The van der Waals surface area contributed by atoms with Gasteiger partial charge in [0, 0.05) is 0 Å². The van der Waals surface area contributed by atoms with Gasteiger partial charge in [-0.05, 0) is 49.4 Å². The molecule has 92 valence electrons. The Hall–Kier alpha value is -0.820. The minimum Gasteiger partial charge on any atom is -0.331 e. The molecule has 1 heteroatoms. The SMILES string of the molecule is CCCCc1ccc(CC)cc1C.CCN. The summed E-state index contributed by atoms with van der Waals surface area (Å²) in [6, 6.07) is 6.88. The van der Waals surface area contributed by atoms with Gasteiger partial charge in [-0.2, -0.15) is 0 Å². The first-order valence-corrected chi connectivity index (χ1v) is 6.47. The van der Waals surface area contributed by atoms with Crippen LogP contribution >= 0.6 is 0 Å². The Morgan fingerprint density at radius 2 is 1.75 bits per heavy atom. The number of nitrogens with two attached hydrogens (primary N) is 1. The predicted octanol–water partition coefficient (Wildman–Crippen LogP) is 3.87. The molecule has 0 aromatic heterocycles. The molecule has 1 aromatic rings. The van der Waals surface area contributed by atoms with E-state index in [0.717, 1.165) is 13.0 Å². The summed E-state index contributed by atoms with van der Waals surface area (Å²) in [7, 11) is 0. The van der Waals surface area contributed by atoms with Gasteiger partial charge in [0.05, 0.1) is 0 Å². The monoisotopic (exact) mass is 221 g/mol. The van der Waals surface area contributed by atoms with Gasteiger partial charge in [0.15, 0.2) is 0 Å². The Balaban J connectivity index is 0.000000673. The van der Waals surface area contributed by atoms with E-state index in [4.69, 9.17) is 5.73 Å². The van der Waals surface area contributed by atoms with Gasteiger partial charge in [0.2, 0.25) is 0 Å². The Morgan fingerprint density at radius 3 is 2.19 bits per heavy atom. The first-order chi connectivity index (χ1) is 7.69. The highest BCUT2D eigenvalue weighted by Crippen LogP contribution is 2.14. The molecule has 1 rings (SSSR count). The largest absolute Gasteiger partial charge is 0.331 e. The predicted molar refractivity (Wildman–Crippen MR) is 73.9 cm³/mol. The Kier molecular flexibility index (Phi) is 8.93. The van der Waals surface area contributed by atoms with Gasteiger partial charge in [-0.15, -0.1) is 0 Å². The van der Waals surface area contributed by atoms with Crippen LogP contribution in [0.3, 0.4) is 0 Å². The van der Waals surface area contributed by atoms with E-state index in [-0.39, 0.29) is 0 Å². The van der Waals surface area contributed by atoms with Crippen molar-refractivity contribution in [3.05, 3.63) is 34.9 Å². The zero-order chi connectivity index (χ0) is 12.4. The average molecular weight is 221 g/mol. The quantitative estimate of drug-likeness (QED) is 0.820. The van der Waals surface area contributed by atoms with Crippen LogP contribution in [0.25, 0.3) is 0 Å². The van der Waals surface area contributed by atoms with Gasteiger partial charge in [0.1, 0.15) is 0 Å². The van der Waals surface area contributed by atoms with Crippen molar-refractivity contribution in [1.29, 1.82) is 0 Å². The maximum absolute atomic E-state index is 4.85. The molecule has 0 saturated carbocycles. The molecule has 1 aromatic carbocycles. The second kappa shape index (κ2) is 9.41. The van der Waals surface area contributed by atoms with E-state index in [2.05, 4.69) is 39.0 Å². The van der Waals surface area contributed by atoms with Crippen molar-refractivity contribution in [2.45, 2.75) is 53.4 Å². The first-order valence-electron chi connectivity index (χ1n) is 6.47. The molecule has 0 spiro atoms. The van der Waals surface area contributed by atoms with Crippen LogP contribution in [0.5, 0.6) is 0 Å². The topological polar surface area (TPSA) is 26.0 Å². The first kappa shape index (κ1) is 15.2. The van der Waals surface area contributed by atoms with Crippen LogP contribution in [0, 0.1) is 6.92 Å². The molecule has 0 amide bonds. The second-order valence-electron chi connectivity index (χ2n) is 4.13. The van der Waals surface area contributed by atoms with E-state index >= 15 is 0 Å². The van der Waals surface area contributed by atoms with Crippen molar-refractivity contribution in [2.75, 3.05) is 6.54 Å². The summed E-state index contributed by atoms with van der Waals surface area (Å²) >= 11 is 0. The molecule has 16 heavy (non-hydrogen) atoms. The maximum Gasteiger partial charge on any atom is -0.0106 e. The number of aryl methyl sites for hydroxylation is 3. The summed E-state index contributed by atoms with van der Waals surface area (Å²) in [5, 5.41) is 0. The summed E-state index contributed by atoms with van der Waals surface area (Å²) in [5.74, 6) is 0. The molecule has 0 unspecified atom stereocenters. The molecule has 0 bridgehead atoms. The van der Waals surface area contributed by atoms with Crippen molar-refractivity contribution >= 4 is 0 Å². The lowest BCUT2D eigenvalue weighted by Crippen LogP contribution is -1.91. The Morgan fingerprint density at radius 1 is 1.12 bits per heavy atom. The van der Waals surface area contributed by atoms with Crippen LogP contribution in [-0.2, 0) is 12.8 Å². The fraction of sp³-hybridized carbons (Fsp3) is 0.600. The molecule has 0 fully saturated rings. The Bertz CT molecular complexity index is 279. The normalized spacial score (nSPS) is 9.56. The lowest BCUT2D eigenvalue weighted by atomic mass is 10.00. The highest BCUT2D eigenvalue weighted by molar-refractivity contribution is 5.31. The van der Waals surface area contributed by atoms with Gasteiger partial charge in [-0.3, -0.25) is 0 Å². The molecule has 0 aliphatic carbocycles. The summed E-state index contributed by atoms with van der Waals surface area (Å²) in [6.07, 6.45) is 4.99. The van der Waals surface area contributed by atoms with Crippen LogP contribution in [-0.4, -0.2) is 6.54 Å². The van der Waals surface area contributed by atoms with Crippen LogP contribution < -0.4 is 5.73 Å². The van der Waals surface area contributed by atoms with Crippen molar-refractivity contribution in [3.8, 4) is 0 Å². The Labute approximate surface area is 101 Å². The smallest absolute Gasteiger partial charge is 0.0106 e. The third kappa shape index (κ3) is 5.92. The summed E-state index contributed by atoms with van der Waals surface area (Å²) in [6.45, 7) is 9.33. The van der Waals surface area contributed by atoms with E-state index in [1.807, 2.05) is 6.92 Å². The third-order valence-electron chi connectivity index (χ3n) is 2.61.